The van der Waals surface area contributed by atoms with Gasteiger partial charge in [0.2, 0.25) is 0 Å². The third kappa shape index (κ3) is 4.01. The standard InChI is InChI=1S/C14H17FN4O2/c1-10-6-11(2)18(17-10)5-3-4-16-13-7-12(15)8-14(9-13)19(20)21/h6-9,16H,3-5H2,1-2H3. The first kappa shape index (κ1) is 15.0. The van der Waals surface area contributed by atoms with Crippen molar-refractivity contribution in [3.8, 4) is 0 Å². The van der Waals surface area contributed by atoms with E-state index in [2.05, 4.69) is 10.4 Å². The second kappa shape index (κ2) is 6.34. The Bertz CT molecular complexity index is 654. The molecule has 0 atom stereocenters. The molecule has 0 spiro atoms. The van der Waals surface area contributed by atoms with Gasteiger partial charge in [0, 0.05) is 30.5 Å². The predicted molar refractivity (Wildman–Crippen MR) is 77.9 cm³/mol. The SMILES string of the molecule is Cc1cc(C)n(CCCNc2cc(F)cc([N+](=O)[O-])c2)n1. The summed E-state index contributed by atoms with van der Waals surface area (Å²) in [5.41, 5.74) is 2.22. The van der Waals surface area contributed by atoms with Crippen molar-refractivity contribution in [1.29, 1.82) is 0 Å². The minimum Gasteiger partial charge on any atom is -0.385 e. The predicted octanol–water partition coefficient (Wildman–Crippen LogP) is 3.05. The largest absolute Gasteiger partial charge is 0.385 e. The number of non-ortho nitro benzene ring substituents is 1. The summed E-state index contributed by atoms with van der Waals surface area (Å²) in [5, 5.41) is 18.0. The molecular weight excluding hydrogens is 275 g/mol. The number of hydrogen-bond acceptors (Lipinski definition) is 4. The van der Waals surface area contributed by atoms with E-state index in [1.165, 1.54) is 12.1 Å². The second-order valence-electron chi connectivity index (χ2n) is 4.89. The van der Waals surface area contributed by atoms with Crippen LogP contribution in [-0.2, 0) is 6.54 Å². The van der Waals surface area contributed by atoms with E-state index >= 15 is 0 Å². The van der Waals surface area contributed by atoms with Gasteiger partial charge in [-0.25, -0.2) is 4.39 Å². The van der Waals surface area contributed by atoms with Gasteiger partial charge >= 0.3 is 0 Å². The van der Waals surface area contributed by atoms with Gasteiger partial charge in [0.1, 0.15) is 5.82 Å². The van der Waals surface area contributed by atoms with E-state index in [1.807, 2.05) is 24.6 Å². The molecule has 1 aromatic heterocycles. The Morgan fingerprint density at radius 1 is 1.33 bits per heavy atom. The van der Waals surface area contributed by atoms with Gasteiger partial charge < -0.3 is 5.32 Å². The zero-order valence-electron chi connectivity index (χ0n) is 12.0. The van der Waals surface area contributed by atoms with Crippen LogP contribution in [0.3, 0.4) is 0 Å². The van der Waals surface area contributed by atoms with Gasteiger partial charge in [-0.05, 0) is 32.4 Å². The van der Waals surface area contributed by atoms with E-state index in [4.69, 9.17) is 0 Å². The van der Waals surface area contributed by atoms with Gasteiger partial charge in [-0.15, -0.1) is 0 Å². The van der Waals surface area contributed by atoms with Gasteiger partial charge in [0.05, 0.1) is 16.7 Å². The first-order chi connectivity index (χ1) is 9.95. The Hall–Kier alpha value is -2.44. The second-order valence-corrected chi connectivity index (χ2v) is 4.89. The van der Waals surface area contributed by atoms with Crippen LogP contribution >= 0.6 is 0 Å². The molecule has 0 aliphatic heterocycles. The fraction of sp³-hybridized carbons (Fsp3) is 0.357. The lowest BCUT2D eigenvalue weighted by atomic mass is 10.2. The summed E-state index contributed by atoms with van der Waals surface area (Å²) in [5.74, 6) is -0.620. The Labute approximate surface area is 121 Å². The van der Waals surface area contributed by atoms with Gasteiger partial charge in [-0.2, -0.15) is 5.10 Å². The molecule has 7 heteroatoms. The number of benzene rings is 1. The molecule has 0 bridgehead atoms. The van der Waals surface area contributed by atoms with Crippen LogP contribution in [0.15, 0.2) is 24.3 Å². The maximum atomic E-state index is 13.3. The summed E-state index contributed by atoms with van der Waals surface area (Å²) < 4.78 is 15.2. The van der Waals surface area contributed by atoms with E-state index in [0.29, 0.717) is 12.2 Å². The highest BCUT2D eigenvalue weighted by Gasteiger charge is 2.09. The average molecular weight is 292 g/mol. The number of aromatic nitrogens is 2. The molecule has 0 saturated heterocycles. The third-order valence-electron chi connectivity index (χ3n) is 3.07. The number of anilines is 1. The number of aryl methyl sites for hydroxylation is 3. The van der Waals surface area contributed by atoms with E-state index in [0.717, 1.165) is 30.4 Å². The van der Waals surface area contributed by atoms with Crippen LogP contribution < -0.4 is 5.32 Å². The van der Waals surface area contributed by atoms with Crippen molar-refractivity contribution in [2.75, 3.05) is 11.9 Å². The third-order valence-corrected chi connectivity index (χ3v) is 3.07. The zero-order chi connectivity index (χ0) is 15.4. The molecule has 1 N–H and O–H groups in total. The van der Waals surface area contributed by atoms with Gasteiger partial charge in [-0.3, -0.25) is 14.8 Å². The number of nitro benzene ring substituents is 1. The summed E-state index contributed by atoms with van der Waals surface area (Å²) in [6.07, 6.45) is 0.784. The highest BCUT2D eigenvalue weighted by molar-refractivity contribution is 5.51. The number of rotatable bonds is 6. The van der Waals surface area contributed by atoms with Crippen LogP contribution in [0.4, 0.5) is 15.8 Å². The monoisotopic (exact) mass is 292 g/mol. The molecule has 1 aromatic carbocycles. The van der Waals surface area contributed by atoms with E-state index in [1.54, 1.807) is 0 Å². The lowest BCUT2D eigenvalue weighted by molar-refractivity contribution is -0.385. The molecule has 0 aliphatic carbocycles. The van der Waals surface area contributed by atoms with Crippen LogP contribution in [0.1, 0.15) is 17.8 Å². The molecule has 0 amide bonds. The van der Waals surface area contributed by atoms with Crippen molar-refractivity contribution in [3.05, 3.63) is 51.6 Å². The summed E-state index contributed by atoms with van der Waals surface area (Å²) in [6.45, 7) is 5.25. The highest BCUT2D eigenvalue weighted by atomic mass is 19.1. The van der Waals surface area contributed by atoms with Crippen molar-refractivity contribution in [2.45, 2.75) is 26.8 Å². The van der Waals surface area contributed by atoms with Crippen LogP contribution in [-0.4, -0.2) is 21.2 Å². The minimum atomic E-state index is -0.620. The minimum absolute atomic E-state index is 0.254. The normalized spacial score (nSPS) is 10.6. The number of halogens is 1. The average Bonchev–Trinajstić information content (AvgIpc) is 2.72. The summed E-state index contributed by atoms with van der Waals surface area (Å²) >= 11 is 0. The van der Waals surface area contributed by atoms with Crippen LogP contribution in [0.2, 0.25) is 0 Å². The summed E-state index contributed by atoms with van der Waals surface area (Å²) in [7, 11) is 0. The number of hydrogen-bond donors (Lipinski definition) is 1. The molecule has 2 rings (SSSR count). The van der Waals surface area contributed by atoms with Gasteiger partial charge in [0.25, 0.3) is 5.69 Å². The Morgan fingerprint density at radius 2 is 2.10 bits per heavy atom. The molecule has 112 valence electrons. The van der Waals surface area contributed by atoms with Crippen molar-refractivity contribution in [2.24, 2.45) is 0 Å². The molecule has 0 aliphatic rings. The molecule has 1 heterocycles. The maximum absolute atomic E-state index is 13.3. The summed E-state index contributed by atoms with van der Waals surface area (Å²) in [4.78, 5) is 10.1. The summed E-state index contributed by atoms with van der Waals surface area (Å²) in [6, 6.07) is 5.48. The molecule has 0 radical (unpaired) electrons. The topological polar surface area (TPSA) is 73.0 Å². The van der Waals surface area contributed by atoms with Crippen LogP contribution in [0, 0.1) is 29.8 Å². The molecule has 0 unspecified atom stereocenters. The van der Waals surface area contributed by atoms with Crippen LogP contribution in [0.5, 0.6) is 0 Å². The van der Waals surface area contributed by atoms with Crippen molar-refractivity contribution in [1.82, 2.24) is 9.78 Å². The molecule has 0 saturated carbocycles. The highest BCUT2D eigenvalue weighted by Crippen LogP contribution is 2.19. The number of nitrogens with one attached hydrogen (secondary N) is 1. The quantitative estimate of drug-likeness (QED) is 0.504. The zero-order valence-corrected chi connectivity index (χ0v) is 12.0. The fourth-order valence-electron chi connectivity index (χ4n) is 2.14. The smallest absolute Gasteiger partial charge is 0.274 e. The first-order valence-electron chi connectivity index (χ1n) is 6.65. The lowest BCUT2D eigenvalue weighted by Gasteiger charge is -2.08. The molecule has 6 nitrogen and oxygen atoms in total. The van der Waals surface area contributed by atoms with Gasteiger partial charge in [0.15, 0.2) is 0 Å². The first-order valence-corrected chi connectivity index (χ1v) is 6.65. The maximum Gasteiger partial charge on any atom is 0.274 e. The number of nitro groups is 1. The van der Waals surface area contributed by atoms with E-state index < -0.39 is 10.7 Å². The Balaban J connectivity index is 1.89. The molecular formula is C14H17FN4O2. The van der Waals surface area contributed by atoms with Crippen LogP contribution in [0.25, 0.3) is 0 Å². The lowest BCUT2D eigenvalue weighted by Crippen LogP contribution is -2.09. The Morgan fingerprint density at radius 3 is 2.71 bits per heavy atom. The fourth-order valence-corrected chi connectivity index (χ4v) is 2.14. The van der Waals surface area contributed by atoms with E-state index in [9.17, 15) is 14.5 Å². The molecule has 21 heavy (non-hydrogen) atoms. The number of nitrogens with zero attached hydrogens (tertiary/aromatic N) is 3. The van der Waals surface area contributed by atoms with Crippen molar-refractivity contribution in [3.63, 3.8) is 0 Å². The van der Waals surface area contributed by atoms with Gasteiger partial charge in [-0.1, -0.05) is 0 Å². The molecule has 2 aromatic rings. The van der Waals surface area contributed by atoms with Crippen molar-refractivity contribution < 1.29 is 9.31 Å². The van der Waals surface area contributed by atoms with E-state index in [-0.39, 0.29) is 5.69 Å². The Kier molecular flexibility index (Phi) is 4.52. The molecule has 0 fully saturated rings. The van der Waals surface area contributed by atoms with Crippen molar-refractivity contribution >= 4 is 11.4 Å².